The van der Waals surface area contributed by atoms with Crippen molar-refractivity contribution in [3.05, 3.63) is 48.5 Å². The zero-order chi connectivity index (χ0) is 18.1. The van der Waals surface area contributed by atoms with Crippen LogP contribution in [-0.2, 0) is 0 Å². The van der Waals surface area contributed by atoms with Crippen LogP contribution >= 0.6 is 12.2 Å². The summed E-state index contributed by atoms with van der Waals surface area (Å²) in [5, 5.41) is 23.7. The third kappa shape index (κ3) is 2.97. The van der Waals surface area contributed by atoms with E-state index >= 15 is 0 Å². The molecule has 26 heavy (non-hydrogen) atoms. The molecule has 0 amide bonds. The fraction of sp³-hybridized carbons (Fsp3) is 0.235. The third-order valence-electron chi connectivity index (χ3n) is 4.17. The van der Waals surface area contributed by atoms with Crippen molar-refractivity contribution in [2.45, 2.75) is 26.2 Å². The fourth-order valence-electron chi connectivity index (χ4n) is 2.89. The third-order valence-corrected chi connectivity index (χ3v) is 4.40. The Morgan fingerprint density at radius 3 is 1.69 bits per heavy atom. The quantitative estimate of drug-likeness (QED) is 0.536. The van der Waals surface area contributed by atoms with Crippen LogP contribution in [0.4, 0.5) is 0 Å². The average Bonchev–Trinajstić information content (AvgIpc) is 3.26. The molecule has 0 aliphatic rings. The van der Waals surface area contributed by atoms with Crippen molar-refractivity contribution >= 4 is 39.4 Å². The Kier molecular flexibility index (Phi) is 4.21. The smallest absolute Gasteiger partial charge is 0.169 e. The highest BCUT2D eigenvalue weighted by Crippen LogP contribution is 2.15. The largest absolute Gasteiger partial charge is 0.341 e. The number of benzene rings is 2. The summed E-state index contributed by atoms with van der Waals surface area (Å²) in [5.41, 5.74) is 3.60. The number of hydrogen-bond acceptors (Lipinski definition) is 5. The molecule has 0 saturated heterocycles. The van der Waals surface area contributed by atoms with Gasteiger partial charge in [0.2, 0.25) is 0 Å². The number of nitrogens with one attached hydrogen (secondary N) is 2. The summed E-state index contributed by atoms with van der Waals surface area (Å²) >= 11 is 5.45. The summed E-state index contributed by atoms with van der Waals surface area (Å²) in [5.74, 6) is 0. The molecule has 2 N–H and O–H groups in total. The van der Waals surface area contributed by atoms with E-state index in [4.69, 9.17) is 12.2 Å². The zero-order valence-electron chi connectivity index (χ0n) is 14.4. The number of thiocarbonyl (C=S) groups is 1. The van der Waals surface area contributed by atoms with Crippen LogP contribution in [0.25, 0.3) is 22.1 Å². The first kappa shape index (κ1) is 16.4. The van der Waals surface area contributed by atoms with E-state index in [0.29, 0.717) is 5.11 Å². The molecule has 4 rings (SSSR count). The first-order chi connectivity index (χ1) is 12.6. The van der Waals surface area contributed by atoms with E-state index in [-0.39, 0.29) is 12.3 Å². The molecule has 0 bridgehead atoms. The molecule has 0 fully saturated rings. The molecule has 132 valence electrons. The van der Waals surface area contributed by atoms with Crippen LogP contribution in [0.1, 0.15) is 26.2 Å². The fourth-order valence-corrected chi connectivity index (χ4v) is 3.23. The predicted octanol–water partition coefficient (Wildman–Crippen LogP) is 2.38. The number of para-hydroxylation sites is 2. The van der Waals surface area contributed by atoms with Crippen molar-refractivity contribution in [3.8, 4) is 0 Å². The van der Waals surface area contributed by atoms with Gasteiger partial charge in [-0.25, -0.2) is 9.36 Å². The summed E-state index contributed by atoms with van der Waals surface area (Å²) in [6.07, 6.45) is -0.302. The van der Waals surface area contributed by atoms with Crippen molar-refractivity contribution in [2.24, 2.45) is 0 Å². The minimum Gasteiger partial charge on any atom is -0.341 e. The molecular formula is C17H18N8S. The van der Waals surface area contributed by atoms with Gasteiger partial charge in [0.1, 0.15) is 23.4 Å². The van der Waals surface area contributed by atoms with Crippen molar-refractivity contribution in [2.75, 3.05) is 0 Å². The topological polar surface area (TPSA) is 85.5 Å². The van der Waals surface area contributed by atoms with Gasteiger partial charge >= 0.3 is 0 Å². The molecule has 2 aromatic carbocycles. The molecule has 0 radical (unpaired) electrons. The molecule has 8 nitrogen and oxygen atoms in total. The second kappa shape index (κ2) is 6.68. The Morgan fingerprint density at radius 1 is 0.808 bits per heavy atom. The average molecular weight is 366 g/mol. The molecule has 4 aromatic rings. The van der Waals surface area contributed by atoms with Crippen LogP contribution in [0.2, 0.25) is 0 Å². The van der Waals surface area contributed by atoms with Gasteiger partial charge in [0, 0.05) is 0 Å². The van der Waals surface area contributed by atoms with Crippen LogP contribution in [0.3, 0.4) is 0 Å². The molecular weight excluding hydrogens is 348 g/mol. The SMILES string of the molecule is CC(NC(=S)NC(C)n1nnc2ccccc21)n1nnc2ccccc21. The normalized spacial score (nSPS) is 13.6. The summed E-state index contributed by atoms with van der Waals surface area (Å²) in [6, 6.07) is 15.6. The van der Waals surface area contributed by atoms with E-state index in [1.165, 1.54) is 0 Å². The van der Waals surface area contributed by atoms with E-state index in [0.717, 1.165) is 22.1 Å². The lowest BCUT2D eigenvalue weighted by molar-refractivity contribution is 0.432. The second-order valence-electron chi connectivity index (χ2n) is 6.02. The van der Waals surface area contributed by atoms with Gasteiger partial charge < -0.3 is 10.6 Å². The summed E-state index contributed by atoms with van der Waals surface area (Å²) in [6.45, 7) is 3.95. The van der Waals surface area contributed by atoms with Crippen molar-refractivity contribution in [3.63, 3.8) is 0 Å². The maximum absolute atomic E-state index is 5.45. The monoisotopic (exact) mass is 366 g/mol. The molecule has 0 aliphatic heterocycles. The number of aromatic nitrogens is 6. The van der Waals surface area contributed by atoms with Gasteiger partial charge in [-0.2, -0.15) is 0 Å². The molecule has 2 unspecified atom stereocenters. The molecule has 2 aromatic heterocycles. The lowest BCUT2D eigenvalue weighted by Crippen LogP contribution is -2.41. The van der Waals surface area contributed by atoms with E-state index in [1.807, 2.05) is 62.4 Å². The van der Waals surface area contributed by atoms with Crippen molar-refractivity contribution in [1.29, 1.82) is 0 Å². The highest BCUT2D eigenvalue weighted by Gasteiger charge is 2.15. The lowest BCUT2D eigenvalue weighted by atomic mass is 10.3. The number of rotatable bonds is 4. The Morgan fingerprint density at radius 2 is 1.23 bits per heavy atom. The maximum atomic E-state index is 5.45. The Balaban J connectivity index is 1.46. The predicted molar refractivity (Wildman–Crippen MR) is 103 cm³/mol. The highest BCUT2D eigenvalue weighted by molar-refractivity contribution is 7.80. The van der Waals surface area contributed by atoms with Gasteiger partial charge in [0.15, 0.2) is 5.11 Å². The first-order valence-electron chi connectivity index (χ1n) is 8.30. The summed E-state index contributed by atoms with van der Waals surface area (Å²) in [7, 11) is 0. The zero-order valence-corrected chi connectivity index (χ0v) is 15.2. The minimum atomic E-state index is -0.151. The van der Waals surface area contributed by atoms with E-state index < -0.39 is 0 Å². The van der Waals surface area contributed by atoms with Gasteiger partial charge in [-0.15, -0.1) is 10.2 Å². The van der Waals surface area contributed by atoms with Gasteiger partial charge in [0.05, 0.1) is 11.0 Å². The summed E-state index contributed by atoms with van der Waals surface area (Å²) < 4.78 is 3.61. The van der Waals surface area contributed by atoms with Crippen molar-refractivity contribution < 1.29 is 0 Å². The van der Waals surface area contributed by atoms with E-state index in [9.17, 15) is 0 Å². The number of nitrogens with zero attached hydrogens (tertiary/aromatic N) is 6. The minimum absolute atomic E-state index is 0.151. The molecule has 0 aliphatic carbocycles. The number of fused-ring (bicyclic) bond motifs is 2. The molecule has 2 atom stereocenters. The van der Waals surface area contributed by atoms with Gasteiger partial charge in [-0.3, -0.25) is 0 Å². The highest BCUT2D eigenvalue weighted by atomic mass is 32.1. The van der Waals surface area contributed by atoms with E-state index in [1.54, 1.807) is 9.36 Å². The van der Waals surface area contributed by atoms with Crippen LogP contribution in [-0.4, -0.2) is 35.1 Å². The van der Waals surface area contributed by atoms with Gasteiger partial charge in [-0.1, -0.05) is 34.7 Å². The maximum Gasteiger partial charge on any atom is 0.169 e. The first-order valence-corrected chi connectivity index (χ1v) is 8.71. The second-order valence-corrected chi connectivity index (χ2v) is 6.42. The van der Waals surface area contributed by atoms with Gasteiger partial charge in [0.25, 0.3) is 0 Å². The molecule has 2 heterocycles. The molecule has 9 heteroatoms. The Hall–Kier alpha value is -3.07. The standard InChI is InChI=1S/C17H18N8S/c1-11(24-15-9-5-3-7-13(15)20-22-24)18-17(26)19-12(2)25-16-10-6-4-8-14(16)21-23-25/h3-12H,1-2H3,(H2,18,19,26). The van der Waals surface area contributed by atoms with Gasteiger partial charge in [-0.05, 0) is 50.3 Å². The molecule has 0 spiro atoms. The van der Waals surface area contributed by atoms with Crippen LogP contribution in [0.5, 0.6) is 0 Å². The summed E-state index contributed by atoms with van der Waals surface area (Å²) in [4.78, 5) is 0. The van der Waals surface area contributed by atoms with Crippen molar-refractivity contribution in [1.82, 2.24) is 40.6 Å². The molecule has 0 saturated carbocycles. The van der Waals surface area contributed by atoms with E-state index in [2.05, 4.69) is 31.3 Å². The Labute approximate surface area is 155 Å². The van der Waals surface area contributed by atoms with Crippen LogP contribution in [0, 0.1) is 0 Å². The lowest BCUT2D eigenvalue weighted by Gasteiger charge is -2.21. The Bertz CT molecular complexity index is 985. The van der Waals surface area contributed by atoms with Crippen LogP contribution in [0.15, 0.2) is 48.5 Å². The van der Waals surface area contributed by atoms with Crippen LogP contribution < -0.4 is 10.6 Å². The number of hydrogen-bond donors (Lipinski definition) is 2.